The van der Waals surface area contributed by atoms with Crippen molar-refractivity contribution in [1.82, 2.24) is 14.5 Å². The van der Waals surface area contributed by atoms with Crippen molar-refractivity contribution in [3.63, 3.8) is 0 Å². The first-order valence-corrected chi connectivity index (χ1v) is 9.99. The minimum absolute atomic E-state index is 0.267. The molecule has 3 aromatic carbocycles. The first-order valence-electron chi connectivity index (χ1n) is 9.99. The first-order chi connectivity index (χ1) is 15.1. The molecule has 0 unspecified atom stereocenters. The van der Waals surface area contributed by atoms with Crippen molar-refractivity contribution in [1.29, 1.82) is 0 Å². The topological polar surface area (TPSA) is 52.0 Å². The van der Waals surface area contributed by atoms with Gasteiger partial charge in [0.15, 0.2) is 0 Å². The van der Waals surface area contributed by atoms with E-state index in [1.165, 1.54) is 34.9 Å². The predicted molar refractivity (Wildman–Crippen MR) is 122 cm³/mol. The summed E-state index contributed by atoms with van der Waals surface area (Å²) in [7, 11) is 3.67. The van der Waals surface area contributed by atoms with Crippen LogP contribution in [-0.2, 0) is 13.6 Å². The molecule has 1 N–H and O–H groups in total. The Morgan fingerprint density at radius 3 is 2.65 bits per heavy atom. The molecule has 2 aromatic heterocycles. The second kappa shape index (κ2) is 7.72. The van der Waals surface area contributed by atoms with Crippen LogP contribution >= 0.6 is 0 Å². The number of anilines is 1. The van der Waals surface area contributed by atoms with E-state index in [-0.39, 0.29) is 5.82 Å². The van der Waals surface area contributed by atoms with Gasteiger partial charge in [-0.05, 0) is 52.4 Å². The highest BCUT2D eigenvalue weighted by Crippen LogP contribution is 2.34. The average Bonchev–Trinajstić information content (AvgIpc) is 3.19. The molecule has 31 heavy (non-hydrogen) atoms. The standard InChI is InChI=1S/C25H21FN4O/c1-30-11-10-17-4-3-5-18(24(17)30)14-27-25-21-12-19(16-6-8-20(26)9-7-16)13-22(31-2)23(21)28-15-29-25/h3-13,15H,14H2,1-2H3,(H,27,28,29). The minimum Gasteiger partial charge on any atom is -0.494 e. The van der Waals surface area contributed by atoms with Crippen LogP contribution in [0.25, 0.3) is 32.9 Å². The van der Waals surface area contributed by atoms with Crippen LogP contribution in [0.2, 0.25) is 0 Å². The summed E-state index contributed by atoms with van der Waals surface area (Å²) >= 11 is 0. The van der Waals surface area contributed by atoms with Crippen LogP contribution in [0.15, 0.2) is 73.2 Å². The molecule has 0 bridgehead atoms. The fraction of sp³-hybridized carbons (Fsp3) is 0.120. The van der Waals surface area contributed by atoms with Gasteiger partial charge in [0.25, 0.3) is 0 Å². The van der Waals surface area contributed by atoms with E-state index in [1.54, 1.807) is 19.2 Å². The van der Waals surface area contributed by atoms with Crippen molar-refractivity contribution in [2.24, 2.45) is 7.05 Å². The summed E-state index contributed by atoms with van der Waals surface area (Å²) in [4.78, 5) is 8.92. The van der Waals surface area contributed by atoms with Crippen LogP contribution in [0.5, 0.6) is 5.75 Å². The number of hydrogen-bond acceptors (Lipinski definition) is 4. The molecule has 0 spiro atoms. The number of hydrogen-bond donors (Lipinski definition) is 1. The molecule has 5 rings (SSSR count). The summed E-state index contributed by atoms with van der Waals surface area (Å²) in [5.41, 5.74) is 4.90. The third-order valence-electron chi connectivity index (χ3n) is 5.53. The normalized spacial score (nSPS) is 11.2. The van der Waals surface area contributed by atoms with Gasteiger partial charge in [0.1, 0.15) is 29.2 Å². The van der Waals surface area contributed by atoms with Crippen molar-refractivity contribution in [3.8, 4) is 16.9 Å². The van der Waals surface area contributed by atoms with Gasteiger partial charge < -0.3 is 14.6 Å². The molecular formula is C25H21FN4O. The number of para-hydroxylation sites is 1. The smallest absolute Gasteiger partial charge is 0.145 e. The van der Waals surface area contributed by atoms with Gasteiger partial charge in [-0.2, -0.15) is 0 Å². The molecule has 0 saturated heterocycles. The van der Waals surface area contributed by atoms with E-state index in [2.05, 4.69) is 50.3 Å². The molecule has 0 aliphatic heterocycles. The van der Waals surface area contributed by atoms with E-state index in [9.17, 15) is 4.39 Å². The van der Waals surface area contributed by atoms with Crippen LogP contribution in [0.1, 0.15) is 5.56 Å². The zero-order chi connectivity index (χ0) is 21.4. The van der Waals surface area contributed by atoms with E-state index in [0.29, 0.717) is 12.3 Å². The lowest BCUT2D eigenvalue weighted by Gasteiger charge is -2.13. The highest BCUT2D eigenvalue weighted by molar-refractivity contribution is 5.96. The van der Waals surface area contributed by atoms with Crippen molar-refractivity contribution < 1.29 is 9.13 Å². The predicted octanol–water partition coefficient (Wildman–Crippen LogP) is 5.55. The van der Waals surface area contributed by atoms with Gasteiger partial charge in [-0.25, -0.2) is 14.4 Å². The number of ether oxygens (including phenoxy) is 1. The summed E-state index contributed by atoms with van der Waals surface area (Å²) in [5, 5.41) is 5.52. The molecule has 6 heteroatoms. The van der Waals surface area contributed by atoms with Gasteiger partial charge >= 0.3 is 0 Å². The number of nitrogens with zero attached hydrogens (tertiary/aromatic N) is 3. The molecule has 0 atom stereocenters. The van der Waals surface area contributed by atoms with Gasteiger partial charge in [0.05, 0.1) is 12.6 Å². The summed E-state index contributed by atoms with van der Waals surface area (Å²) in [6, 6.07) is 18.7. The largest absolute Gasteiger partial charge is 0.494 e. The Balaban J connectivity index is 1.57. The average molecular weight is 412 g/mol. The first kappa shape index (κ1) is 19.1. The summed E-state index contributed by atoms with van der Waals surface area (Å²) < 4.78 is 21.1. The molecular weight excluding hydrogens is 391 g/mol. The van der Waals surface area contributed by atoms with Crippen molar-refractivity contribution in [2.45, 2.75) is 6.54 Å². The number of fused-ring (bicyclic) bond motifs is 2. The molecule has 5 nitrogen and oxygen atoms in total. The van der Waals surface area contributed by atoms with Gasteiger partial charge in [0.2, 0.25) is 0 Å². The van der Waals surface area contributed by atoms with Crippen molar-refractivity contribution in [2.75, 3.05) is 12.4 Å². The molecule has 0 aliphatic rings. The van der Waals surface area contributed by atoms with Crippen LogP contribution in [0.3, 0.4) is 0 Å². The van der Waals surface area contributed by atoms with Crippen molar-refractivity contribution in [3.05, 3.63) is 84.6 Å². The van der Waals surface area contributed by atoms with E-state index >= 15 is 0 Å². The molecule has 154 valence electrons. The molecule has 0 amide bonds. The van der Waals surface area contributed by atoms with E-state index < -0.39 is 0 Å². The van der Waals surface area contributed by atoms with Gasteiger partial charge in [-0.3, -0.25) is 0 Å². The second-order valence-corrected chi connectivity index (χ2v) is 7.44. The van der Waals surface area contributed by atoms with Crippen LogP contribution in [0, 0.1) is 5.82 Å². The summed E-state index contributed by atoms with van der Waals surface area (Å²) in [5.74, 6) is 1.10. The number of benzene rings is 3. The maximum atomic E-state index is 13.4. The third kappa shape index (κ3) is 3.46. The van der Waals surface area contributed by atoms with Gasteiger partial charge in [-0.15, -0.1) is 0 Å². The SMILES string of the molecule is COc1cc(-c2ccc(F)cc2)cc2c(NCc3cccc4ccn(C)c34)ncnc12. The monoisotopic (exact) mass is 412 g/mol. The van der Waals surface area contributed by atoms with E-state index in [0.717, 1.165) is 27.8 Å². The quantitative estimate of drug-likeness (QED) is 0.411. The molecule has 0 saturated carbocycles. The number of nitrogens with one attached hydrogen (secondary N) is 1. The molecule has 0 aliphatic carbocycles. The lowest BCUT2D eigenvalue weighted by atomic mass is 10.0. The highest BCUT2D eigenvalue weighted by atomic mass is 19.1. The highest BCUT2D eigenvalue weighted by Gasteiger charge is 2.13. The van der Waals surface area contributed by atoms with Crippen LogP contribution < -0.4 is 10.1 Å². The molecule has 0 radical (unpaired) electrons. The maximum absolute atomic E-state index is 13.4. The molecule has 5 aromatic rings. The maximum Gasteiger partial charge on any atom is 0.145 e. The zero-order valence-electron chi connectivity index (χ0n) is 17.3. The number of aromatic nitrogens is 3. The Kier molecular flexibility index (Phi) is 4.75. The van der Waals surface area contributed by atoms with Gasteiger partial charge in [0, 0.05) is 25.2 Å². The van der Waals surface area contributed by atoms with Crippen LogP contribution in [-0.4, -0.2) is 21.6 Å². The van der Waals surface area contributed by atoms with E-state index in [1.807, 2.05) is 19.2 Å². The minimum atomic E-state index is -0.267. The Morgan fingerprint density at radius 2 is 1.84 bits per heavy atom. The lowest BCUT2D eigenvalue weighted by molar-refractivity contribution is 0.419. The summed E-state index contributed by atoms with van der Waals surface area (Å²) in [6.45, 7) is 0.615. The Morgan fingerprint density at radius 1 is 1.00 bits per heavy atom. The molecule has 0 fully saturated rings. The summed E-state index contributed by atoms with van der Waals surface area (Å²) in [6.07, 6.45) is 3.60. The third-order valence-corrected chi connectivity index (χ3v) is 5.53. The number of rotatable bonds is 5. The van der Waals surface area contributed by atoms with Gasteiger partial charge in [-0.1, -0.05) is 30.3 Å². The van der Waals surface area contributed by atoms with E-state index in [4.69, 9.17) is 4.74 Å². The lowest BCUT2D eigenvalue weighted by Crippen LogP contribution is -2.05. The fourth-order valence-corrected chi connectivity index (χ4v) is 4.00. The molecule has 2 heterocycles. The fourth-order valence-electron chi connectivity index (χ4n) is 4.00. The Labute approximate surface area is 179 Å². The Hall–Kier alpha value is -3.93. The number of methoxy groups -OCH3 is 1. The zero-order valence-corrected chi connectivity index (χ0v) is 17.3. The number of halogens is 1. The van der Waals surface area contributed by atoms with Crippen molar-refractivity contribution >= 4 is 27.6 Å². The Bertz CT molecular complexity index is 1390. The second-order valence-electron chi connectivity index (χ2n) is 7.44. The number of aryl methyl sites for hydroxylation is 1. The van der Waals surface area contributed by atoms with Crippen LogP contribution in [0.4, 0.5) is 10.2 Å².